The maximum absolute atomic E-state index is 13.0. The number of unbranched alkanes of at least 4 members (excludes halogenated alkanes) is 2. The van der Waals surface area contributed by atoms with E-state index in [0.717, 1.165) is 18.6 Å². The van der Waals surface area contributed by atoms with Gasteiger partial charge in [-0.15, -0.1) is 0 Å². The van der Waals surface area contributed by atoms with Gasteiger partial charge < -0.3 is 15.6 Å². The number of carbonyl (C=O) groups is 1. The average Bonchev–Trinajstić information content (AvgIpc) is 2.27. The minimum absolute atomic E-state index is 0.115. The second-order valence-corrected chi connectivity index (χ2v) is 3.69. The number of hydrogen-bond donors (Lipinski definition) is 2. The summed E-state index contributed by atoms with van der Waals surface area (Å²) in [5, 5.41) is 8.55. The highest BCUT2D eigenvalue weighted by molar-refractivity contribution is 5.90. The highest BCUT2D eigenvalue weighted by Gasteiger charge is 2.09. The maximum atomic E-state index is 13.0. The van der Waals surface area contributed by atoms with E-state index in [0.29, 0.717) is 12.8 Å². The van der Waals surface area contributed by atoms with E-state index in [9.17, 15) is 9.18 Å². The molecule has 0 aliphatic heterocycles. The Kier molecular flexibility index (Phi) is 5.42. The molecular formula is C12H16FNO3. The molecule has 0 aromatic heterocycles. The van der Waals surface area contributed by atoms with Gasteiger partial charge in [-0.05, 0) is 37.5 Å². The summed E-state index contributed by atoms with van der Waals surface area (Å²) in [5.74, 6) is -1.14. The van der Waals surface area contributed by atoms with E-state index in [2.05, 4.69) is 0 Å². The van der Waals surface area contributed by atoms with Crippen LogP contribution >= 0.6 is 0 Å². The Bertz CT molecular complexity index is 362. The van der Waals surface area contributed by atoms with Gasteiger partial charge in [0.15, 0.2) is 0 Å². The average molecular weight is 241 g/mol. The van der Waals surface area contributed by atoms with E-state index in [1.54, 1.807) is 0 Å². The first kappa shape index (κ1) is 13.4. The number of aliphatic hydroxyl groups excluding tert-OH is 1. The molecule has 94 valence electrons. The van der Waals surface area contributed by atoms with Gasteiger partial charge in [0.1, 0.15) is 5.82 Å². The van der Waals surface area contributed by atoms with Crippen molar-refractivity contribution < 1.29 is 19.0 Å². The molecule has 0 saturated heterocycles. The van der Waals surface area contributed by atoms with Gasteiger partial charge in [0.25, 0.3) is 0 Å². The van der Waals surface area contributed by atoms with Crippen molar-refractivity contribution in [1.29, 1.82) is 0 Å². The zero-order valence-corrected chi connectivity index (χ0v) is 9.49. The summed E-state index contributed by atoms with van der Waals surface area (Å²) in [6.45, 7) is 0.392. The zero-order valence-electron chi connectivity index (χ0n) is 9.49. The molecule has 1 aromatic carbocycles. The molecule has 1 rings (SSSR count). The van der Waals surface area contributed by atoms with Crippen LogP contribution in [0.15, 0.2) is 18.2 Å². The van der Waals surface area contributed by atoms with Crippen molar-refractivity contribution >= 4 is 11.7 Å². The standard InChI is InChI=1S/C12H16FNO3/c13-10-6-9(7-11(14)8-10)12(16)17-5-3-1-2-4-15/h6-8,15H,1-5,14H2. The van der Waals surface area contributed by atoms with Crippen LogP contribution < -0.4 is 5.73 Å². The molecule has 1 aromatic rings. The molecule has 0 atom stereocenters. The number of nitrogen functional groups attached to an aromatic ring is 1. The van der Waals surface area contributed by atoms with Gasteiger partial charge in [0.05, 0.1) is 12.2 Å². The summed E-state index contributed by atoms with van der Waals surface area (Å²) in [6.07, 6.45) is 2.15. The topological polar surface area (TPSA) is 72.6 Å². The molecule has 4 nitrogen and oxygen atoms in total. The van der Waals surface area contributed by atoms with Crippen molar-refractivity contribution in [3.05, 3.63) is 29.6 Å². The SMILES string of the molecule is Nc1cc(F)cc(C(=O)OCCCCCO)c1. The Hall–Kier alpha value is -1.62. The Morgan fingerprint density at radius 1 is 1.29 bits per heavy atom. The summed E-state index contributed by atoms with van der Waals surface area (Å²) in [5.41, 5.74) is 5.72. The van der Waals surface area contributed by atoms with Crippen LogP contribution in [-0.4, -0.2) is 24.3 Å². The third-order valence-electron chi connectivity index (χ3n) is 2.19. The van der Waals surface area contributed by atoms with Crippen LogP contribution in [0, 0.1) is 5.82 Å². The summed E-state index contributed by atoms with van der Waals surface area (Å²) >= 11 is 0. The fraction of sp³-hybridized carbons (Fsp3) is 0.417. The quantitative estimate of drug-likeness (QED) is 0.452. The van der Waals surface area contributed by atoms with Crippen LogP contribution in [0.3, 0.4) is 0 Å². The minimum atomic E-state index is -0.583. The number of aliphatic hydroxyl groups is 1. The summed E-state index contributed by atoms with van der Waals surface area (Å²) in [6, 6.07) is 3.60. The zero-order chi connectivity index (χ0) is 12.7. The number of benzene rings is 1. The molecule has 0 bridgehead atoms. The third-order valence-corrected chi connectivity index (χ3v) is 2.19. The molecule has 3 N–H and O–H groups in total. The molecule has 0 radical (unpaired) electrons. The summed E-state index contributed by atoms with van der Waals surface area (Å²) in [4.78, 5) is 11.5. The number of rotatable bonds is 6. The molecule has 0 saturated carbocycles. The number of hydrogen-bond acceptors (Lipinski definition) is 4. The first-order chi connectivity index (χ1) is 8.13. The van der Waals surface area contributed by atoms with Gasteiger partial charge in [-0.25, -0.2) is 9.18 Å². The van der Waals surface area contributed by atoms with Gasteiger partial charge in [0.2, 0.25) is 0 Å². The van der Waals surface area contributed by atoms with E-state index < -0.39 is 11.8 Å². The second-order valence-electron chi connectivity index (χ2n) is 3.69. The van der Waals surface area contributed by atoms with Crippen molar-refractivity contribution in [2.75, 3.05) is 18.9 Å². The Balaban J connectivity index is 2.41. The highest BCUT2D eigenvalue weighted by Crippen LogP contribution is 2.12. The van der Waals surface area contributed by atoms with Crippen LogP contribution in [0.25, 0.3) is 0 Å². The van der Waals surface area contributed by atoms with Crippen LogP contribution in [-0.2, 0) is 4.74 Å². The molecule has 0 fully saturated rings. The third kappa shape index (κ3) is 4.82. The molecule has 5 heteroatoms. The molecule has 0 aliphatic rings. The summed E-state index contributed by atoms with van der Waals surface area (Å²) in [7, 11) is 0. The maximum Gasteiger partial charge on any atom is 0.338 e. The molecule has 0 spiro atoms. The molecule has 0 amide bonds. The number of ether oxygens (including phenoxy) is 1. The van der Waals surface area contributed by atoms with Gasteiger partial charge in [-0.2, -0.15) is 0 Å². The first-order valence-corrected chi connectivity index (χ1v) is 5.47. The fourth-order valence-electron chi connectivity index (χ4n) is 1.37. The smallest absolute Gasteiger partial charge is 0.338 e. The van der Waals surface area contributed by atoms with Gasteiger partial charge >= 0.3 is 5.97 Å². The Morgan fingerprint density at radius 3 is 2.71 bits per heavy atom. The minimum Gasteiger partial charge on any atom is -0.462 e. The van der Waals surface area contributed by atoms with Crippen molar-refractivity contribution in [1.82, 2.24) is 0 Å². The number of anilines is 1. The predicted molar refractivity (Wildman–Crippen MR) is 62.0 cm³/mol. The summed E-state index contributed by atoms with van der Waals surface area (Å²) < 4.78 is 17.9. The number of nitrogens with two attached hydrogens (primary N) is 1. The Labute approximate surface area is 99.2 Å². The van der Waals surface area contributed by atoms with Crippen LogP contribution in [0.4, 0.5) is 10.1 Å². The second kappa shape index (κ2) is 6.85. The lowest BCUT2D eigenvalue weighted by molar-refractivity contribution is 0.0496. The normalized spacial score (nSPS) is 10.2. The first-order valence-electron chi connectivity index (χ1n) is 5.47. The van der Waals surface area contributed by atoms with Crippen molar-refractivity contribution in [3.8, 4) is 0 Å². The largest absolute Gasteiger partial charge is 0.462 e. The number of halogens is 1. The molecule has 0 heterocycles. The van der Waals surface area contributed by atoms with Gasteiger partial charge in [-0.1, -0.05) is 0 Å². The van der Waals surface area contributed by atoms with E-state index >= 15 is 0 Å². The molecule has 0 unspecified atom stereocenters. The number of carbonyl (C=O) groups excluding carboxylic acids is 1. The highest BCUT2D eigenvalue weighted by atomic mass is 19.1. The van der Waals surface area contributed by atoms with E-state index in [1.165, 1.54) is 6.07 Å². The molecular weight excluding hydrogens is 225 g/mol. The lowest BCUT2D eigenvalue weighted by Crippen LogP contribution is -2.07. The van der Waals surface area contributed by atoms with E-state index in [1.807, 2.05) is 0 Å². The van der Waals surface area contributed by atoms with E-state index in [4.69, 9.17) is 15.6 Å². The lowest BCUT2D eigenvalue weighted by Gasteiger charge is -2.05. The van der Waals surface area contributed by atoms with Crippen LogP contribution in [0.5, 0.6) is 0 Å². The van der Waals surface area contributed by atoms with Gasteiger partial charge in [0, 0.05) is 12.3 Å². The monoisotopic (exact) mass is 241 g/mol. The number of esters is 1. The van der Waals surface area contributed by atoms with E-state index in [-0.39, 0.29) is 24.5 Å². The van der Waals surface area contributed by atoms with Crippen molar-refractivity contribution in [2.45, 2.75) is 19.3 Å². The Morgan fingerprint density at radius 2 is 2.06 bits per heavy atom. The van der Waals surface area contributed by atoms with Crippen LogP contribution in [0.2, 0.25) is 0 Å². The lowest BCUT2D eigenvalue weighted by atomic mass is 10.2. The van der Waals surface area contributed by atoms with Crippen LogP contribution in [0.1, 0.15) is 29.6 Å². The molecule has 17 heavy (non-hydrogen) atoms. The molecule has 0 aliphatic carbocycles. The van der Waals surface area contributed by atoms with Crippen molar-refractivity contribution in [2.24, 2.45) is 0 Å². The van der Waals surface area contributed by atoms with Crippen molar-refractivity contribution in [3.63, 3.8) is 0 Å². The predicted octanol–water partition coefficient (Wildman–Crippen LogP) is 1.73. The van der Waals surface area contributed by atoms with Gasteiger partial charge in [-0.3, -0.25) is 0 Å². The fourth-order valence-corrected chi connectivity index (χ4v) is 1.37.